The molecule has 0 saturated carbocycles. The van der Waals surface area contributed by atoms with Gasteiger partial charge in [0, 0.05) is 18.1 Å². The van der Waals surface area contributed by atoms with Gasteiger partial charge in [-0.25, -0.2) is 4.98 Å². The number of nitrogens with zero attached hydrogens (tertiary/aromatic N) is 1. The van der Waals surface area contributed by atoms with E-state index in [-0.39, 0.29) is 0 Å². The van der Waals surface area contributed by atoms with Gasteiger partial charge in [0.2, 0.25) is 0 Å². The average molecular weight is 239 g/mol. The maximum Gasteiger partial charge on any atom is 0.0967 e. The van der Waals surface area contributed by atoms with Crippen molar-refractivity contribution in [2.24, 2.45) is 0 Å². The van der Waals surface area contributed by atoms with E-state index in [2.05, 4.69) is 11.9 Å². The van der Waals surface area contributed by atoms with Crippen LogP contribution in [0.2, 0.25) is 0 Å². The zero-order chi connectivity index (χ0) is 11.5. The van der Waals surface area contributed by atoms with Crippen LogP contribution in [0.3, 0.4) is 0 Å². The number of hydrogen-bond acceptors (Lipinski definition) is 4. The topological polar surface area (TPSA) is 42.4 Å². The van der Waals surface area contributed by atoms with Gasteiger partial charge in [-0.15, -0.1) is 11.8 Å². The van der Waals surface area contributed by atoms with Crippen LogP contribution in [0.25, 0.3) is 0 Å². The van der Waals surface area contributed by atoms with E-state index in [9.17, 15) is 5.11 Å². The first kappa shape index (κ1) is 11.9. The molecule has 88 valence electrons. The van der Waals surface area contributed by atoms with E-state index < -0.39 is 6.10 Å². The van der Waals surface area contributed by atoms with Crippen LogP contribution in [0.1, 0.15) is 31.9 Å². The molecule has 1 N–H and O–H groups in total. The summed E-state index contributed by atoms with van der Waals surface area (Å²) in [4.78, 5) is 4.32. The van der Waals surface area contributed by atoms with Crippen molar-refractivity contribution in [2.75, 3.05) is 6.61 Å². The molecule has 1 aliphatic heterocycles. The van der Waals surface area contributed by atoms with Crippen LogP contribution < -0.4 is 0 Å². The summed E-state index contributed by atoms with van der Waals surface area (Å²) in [5.41, 5.74) is 0.920. The summed E-state index contributed by atoms with van der Waals surface area (Å²) < 4.78 is 5.52. The molecule has 0 amide bonds. The predicted molar refractivity (Wildman–Crippen MR) is 64.5 cm³/mol. The normalized spacial score (nSPS) is 26.9. The molecule has 16 heavy (non-hydrogen) atoms. The van der Waals surface area contributed by atoms with E-state index in [1.807, 2.05) is 12.1 Å². The Morgan fingerprint density at radius 2 is 2.44 bits per heavy atom. The summed E-state index contributed by atoms with van der Waals surface area (Å²) in [5.74, 6) is 0. The van der Waals surface area contributed by atoms with E-state index in [1.165, 1.54) is 0 Å². The molecule has 0 radical (unpaired) electrons. The fourth-order valence-electron chi connectivity index (χ4n) is 1.77. The Kier molecular flexibility index (Phi) is 3.84. The summed E-state index contributed by atoms with van der Waals surface area (Å²) in [6.45, 7) is 4.71. The Labute approximate surface area is 100 Å². The van der Waals surface area contributed by atoms with Gasteiger partial charge in [-0.3, -0.25) is 0 Å². The van der Waals surface area contributed by atoms with Crippen molar-refractivity contribution in [1.82, 2.24) is 4.98 Å². The van der Waals surface area contributed by atoms with Crippen molar-refractivity contribution < 1.29 is 9.84 Å². The average Bonchev–Trinajstić information content (AvgIpc) is 2.65. The van der Waals surface area contributed by atoms with Gasteiger partial charge in [-0.1, -0.05) is 0 Å². The highest BCUT2D eigenvalue weighted by atomic mass is 32.2. The summed E-state index contributed by atoms with van der Waals surface area (Å²) in [5, 5.41) is 11.0. The number of thioether (sulfide) groups is 1. The Morgan fingerprint density at radius 3 is 3.06 bits per heavy atom. The van der Waals surface area contributed by atoms with Gasteiger partial charge < -0.3 is 9.84 Å². The van der Waals surface area contributed by atoms with Gasteiger partial charge in [0.05, 0.1) is 17.2 Å². The van der Waals surface area contributed by atoms with Crippen molar-refractivity contribution >= 4 is 11.8 Å². The van der Waals surface area contributed by atoms with E-state index >= 15 is 0 Å². The number of ether oxygens (including phenoxy) is 1. The van der Waals surface area contributed by atoms with Crippen LogP contribution in [-0.4, -0.2) is 28.1 Å². The number of aliphatic hydroxyl groups excluding tert-OH is 1. The Morgan fingerprint density at radius 1 is 1.62 bits per heavy atom. The van der Waals surface area contributed by atoms with Gasteiger partial charge in [0.15, 0.2) is 0 Å². The van der Waals surface area contributed by atoms with Crippen LogP contribution in [0.5, 0.6) is 0 Å². The molecule has 0 aromatic carbocycles. The second-order valence-corrected chi connectivity index (χ2v) is 5.38. The van der Waals surface area contributed by atoms with Crippen LogP contribution in [0.4, 0.5) is 0 Å². The highest BCUT2D eigenvalue weighted by molar-refractivity contribution is 7.99. The molecule has 2 unspecified atom stereocenters. The smallest absolute Gasteiger partial charge is 0.0967 e. The molecule has 1 aromatic rings. The molecule has 0 spiro atoms. The fraction of sp³-hybridized carbons (Fsp3) is 0.583. The quantitative estimate of drug-likeness (QED) is 0.879. The lowest BCUT2D eigenvalue weighted by molar-refractivity contribution is 0.127. The number of pyridine rings is 1. The third-order valence-electron chi connectivity index (χ3n) is 2.82. The molecular formula is C12H17NO2S. The Hall–Kier alpha value is -0.580. The first-order chi connectivity index (χ1) is 7.66. The Bertz CT molecular complexity index is 357. The minimum Gasteiger partial charge on any atom is -0.389 e. The molecule has 0 bridgehead atoms. The molecule has 2 heterocycles. The van der Waals surface area contributed by atoms with Crippen molar-refractivity contribution in [2.45, 2.75) is 42.8 Å². The zero-order valence-corrected chi connectivity index (χ0v) is 10.4. The third kappa shape index (κ3) is 2.75. The van der Waals surface area contributed by atoms with Crippen molar-refractivity contribution in [3.05, 3.63) is 23.9 Å². The lowest BCUT2D eigenvalue weighted by atomic mass is 10.2. The second kappa shape index (κ2) is 5.17. The molecule has 3 atom stereocenters. The second-order valence-electron chi connectivity index (χ2n) is 4.12. The monoisotopic (exact) mass is 239 g/mol. The standard InChI is InChI=1S/C12H17NO2S/c1-8(14)10-3-5-13-12(7-10)16-11-4-6-15-9(11)2/h3,5,7-9,11,14H,4,6H2,1-2H3/t8-,9?,11?/m0/s1. The number of hydrogen-bond donors (Lipinski definition) is 1. The van der Waals surface area contributed by atoms with E-state index in [4.69, 9.17) is 4.74 Å². The molecule has 1 fully saturated rings. The van der Waals surface area contributed by atoms with E-state index in [0.717, 1.165) is 23.6 Å². The summed E-state index contributed by atoms with van der Waals surface area (Å²) in [6.07, 6.45) is 2.69. The van der Waals surface area contributed by atoms with Crippen LogP contribution in [0, 0.1) is 0 Å². The maximum absolute atomic E-state index is 9.50. The van der Waals surface area contributed by atoms with Gasteiger partial charge >= 0.3 is 0 Å². The first-order valence-electron chi connectivity index (χ1n) is 5.59. The van der Waals surface area contributed by atoms with Crippen LogP contribution in [0.15, 0.2) is 23.4 Å². The largest absolute Gasteiger partial charge is 0.389 e. The molecule has 1 aromatic heterocycles. The van der Waals surface area contributed by atoms with Gasteiger partial charge in [0.25, 0.3) is 0 Å². The van der Waals surface area contributed by atoms with E-state index in [1.54, 1.807) is 24.9 Å². The molecule has 1 aliphatic rings. The number of aromatic nitrogens is 1. The van der Waals surface area contributed by atoms with Crippen molar-refractivity contribution in [1.29, 1.82) is 0 Å². The van der Waals surface area contributed by atoms with Crippen molar-refractivity contribution in [3.8, 4) is 0 Å². The molecular weight excluding hydrogens is 222 g/mol. The predicted octanol–water partition coefficient (Wildman–Crippen LogP) is 2.40. The summed E-state index contributed by atoms with van der Waals surface area (Å²) >= 11 is 1.74. The van der Waals surface area contributed by atoms with Crippen LogP contribution in [-0.2, 0) is 4.74 Å². The Balaban J connectivity index is 2.06. The van der Waals surface area contributed by atoms with Gasteiger partial charge in [0.1, 0.15) is 0 Å². The fourth-order valence-corrected chi connectivity index (χ4v) is 2.89. The molecule has 1 saturated heterocycles. The minimum atomic E-state index is -0.431. The highest BCUT2D eigenvalue weighted by Gasteiger charge is 2.25. The van der Waals surface area contributed by atoms with E-state index in [0.29, 0.717) is 11.4 Å². The van der Waals surface area contributed by atoms with Gasteiger partial charge in [-0.05, 0) is 38.0 Å². The lowest BCUT2D eigenvalue weighted by Crippen LogP contribution is -2.13. The molecule has 0 aliphatic carbocycles. The van der Waals surface area contributed by atoms with Crippen LogP contribution >= 0.6 is 11.8 Å². The number of rotatable bonds is 3. The molecule has 3 nitrogen and oxygen atoms in total. The molecule has 2 rings (SSSR count). The highest BCUT2D eigenvalue weighted by Crippen LogP contribution is 2.32. The summed E-state index contributed by atoms with van der Waals surface area (Å²) in [7, 11) is 0. The first-order valence-corrected chi connectivity index (χ1v) is 6.47. The maximum atomic E-state index is 9.50. The zero-order valence-electron chi connectivity index (χ0n) is 9.59. The number of aliphatic hydroxyl groups is 1. The molecule has 4 heteroatoms. The van der Waals surface area contributed by atoms with Gasteiger partial charge in [-0.2, -0.15) is 0 Å². The van der Waals surface area contributed by atoms with Crippen molar-refractivity contribution in [3.63, 3.8) is 0 Å². The SMILES string of the molecule is CC1OCCC1Sc1cc([C@H](C)O)ccn1. The third-order valence-corrected chi connectivity index (χ3v) is 4.21. The lowest BCUT2D eigenvalue weighted by Gasteiger charge is -2.13. The minimum absolute atomic E-state index is 0.294. The summed E-state index contributed by atoms with van der Waals surface area (Å²) in [6, 6.07) is 3.81.